The quantitative estimate of drug-likeness (QED) is 0.754. The van der Waals surface area contributed by atoms with Crippen molar-refractivity contribution in [3.63, 3.8) is 0 Å². The average molecular weight is 268 g/mol. The highest BCUT2D eigenvalue weighted by Gasteiger charge is 2.48. The number of hydrogen-bond acceptors (Lipinski definition) is 4. The molecule has 1 aliphatic heterocycles. The van der Waals surface area contributed by atoms with Crippen molar-refractivity contribution >= 4 is 0 Å². The van der Waals surface area contributed by atoms with E-state index in [0.717, 1.165) is 26.2 Å². The zero-order chi connectivity index (χ0) is 13.5. The molecule has 3 fully saturated rings. The van der Waals surface area contributed by atoms with E-state index in [2.05, 4.69) is 24.1 Å². The molecular formula is C15H28N2O2. The van der Waals surface area contributed by atoms with Crippen LogP contribution in [0.3, 0.4) is 0 Å². The van der Waals surface area contributed by atoms with Crippen LogP contribution in [-0.4, -0.2) is 60.0 Å². The summed E-state index contributed by atoms with van der Waals surface area (Å²) in [6.45, 7) is 8.32. The molecule has 4 heteroatoms. The molecule has 2 saturated carbocycles. The van der Waals surface area contributed by atoms with Crippen LogP contribution in [0.4, 0.5) is 0 Å². The van der Waals surface area contributed by atoms with Gasteiger partial charge in [0, 0.05) is 25.7 Å². The van der Waals surface area contributed by atoms with E-state index in [9.17, 15) is 5.11 Å². The maximum Gasteiger partial charge on any atom is 0.0753 e. The van der Waals surface area contributed by atoms with Crippen LogP contribution in [0, 0.1) is 5.92 Å². The van der Waals surface area contributed by atoms with E-state index >= 15 is 0 Å². The van der Waals surface area contributed by atoms with Crippen molar-refractivity contribution in [2.24, 2.45) is 5.92 Å². The van der Waals surface area contributed by atoms with Crippen LogP contribution in [0.15, 0.2) is 0 Å². The van der Waals surface area contributed by atoms with Gasteiger partial charge in [-0.1, -0.05) is 0 Å². The Hall–Kier alpha value is -0.160. The zero-order valence-corrected chi connectivity index (χ0v) is 12.3. The molecule has 0 aromatic carbocycles. The standard InChI is InChI=1S/C15H28N2O2/c1-14(2)9-17(7-8-19-14)10-15(11-18,12-3-4-12)16-13-5-6-13/h12-13,16,18H,3-11H2,1-2H3. The Morgan fingerprint density at radius 3 is 2.58 bits per heavy atom. The number of nitrogens with one attached hydrogen (secondary N) is 1. The summed E-state index contributed by atoms with van der Waals surface area (Å²) in [5.74, 6) is 0.670. The van der Waals surface area contributed by atoms with Crippen LogP contribution in [0.2, 0.25) is 0 Å². The number of aliphatic hydroxyl groups excluding tert-OH is 1. The average Bonchev–Trinajstić information content (AvgIpc) is 3.20. The first-order chi connectivity index (χ1) is 9.03. The van der Waals surface area contributed by atoms with Crippen LogP contribution in [0.1, 0.15) is 39.5 Å². The summed E-state index contributed by atoms with van der Waals surface area (Å²) in [5.41, 5.74) is -0.114. The minimum atomic E-state index is -0.0609. The second-order valence-electron chi connectivity index (χ2n) is 7.33. The zero-order valence-electron chi connectivity index (χ0n) is 12.3. The van der Waals surface area contributed by atoms with Gasteiger partial charge in [-0.15, -0.1) is 0 Å². The van der Waals surface area contributed by atoms with E-state index in [0.29, 0.717) is 12.0 Å². The van der Waals surface area contributed by atoms with Gasteiger partial charge in [0.1, 0.15) is 0 Å². The Kier molecular flexibility index (Phi) is 3.63. The molecule has 1 heterocycles. The Labute approximate surface area is 116 Å². The molecule has 4 nitrogen and oxygen atoms in total. The third kappa shape index (κ3) is 3.30. The van der Waals surface area contributed by atoms with Gasteiger partial charge in [-0.05, 0) is 45.4 Å². The molecule has 110 valence electrons. The number of ether oxygens (including phenoxy) is 1. The largest absolute Gasteiger partial charge is 0.394 e. The molecule has 0 bridgehead atoms. The molecule has 0 aromatic rings. The van der Waals surface area contributed by atoms with E-state index in [1.54, 1.807) is 0 Å². The van der Waals surface area contributed by atoms with Crippen LogP contribution in [0.25, 0.3) is 0 Å². The van der Waals surface area contributed by atoms with Crippen molar-refractivity contribution < 1.29 is 9.84 Å². The normalized spacial score (nSPS) is 31.1. The van der Waals surface area contributed by atoms with Gasteiger partial charge < -0.3 is 15.2 Å². The van der Waals surface area contributed by atoms with E-state index in [-0.39, 0.29) is 17.7 Å². The summed E-state index contributed by atoms with van der Waals surface area (Å²) in [4.78, 5) is 2.48. The highest BCUT2D eigenvalue weighted by Crippen LogP contribution is 2.42. The molecule has 0 amide bonds. The first kappa shape index (κ1) is 13.8. The first-order valence-electron chi connectivity index (χ1n) is 7.78. The van der Waals surface area contributed by atoms with Gasteiger partial charge in [-0.3, -0.25) is 4.90 Å². The third-order valence-corrected chi connectivity index (χ3v) is 4.72. The van der Waals surface area contributed by atoms with Crippen LogP contribution < -0.4 is 5.32 Å². The van der Waals surface area contributed by atoms with E-state index < -0.39 is 0 Å². The van der Waals surface area contributed by atoms with Crippen LogP contribution in [0.5, 0.6) is 0 Å². The SMILES string of the molecule is CC1(C)CN(CC(CO)(NC2CC2)C2CC2)CCO1. The van der Waals surface area contributed by atoms with Gasteiger partial charge in [-0.25, -0.2) is 0 Å². The molecule has 0 radical (unpaired) electrons. The topological polar surface area (TPSA) is 44.7 Å². The molecule has 3 aliphatic rings. The molecule has 0 spiro atoms. The fourth-order valence-corrected chi connectivity index (χ4v) is 3.44. The highest BCUT2D eigenvalue weighted by atomic mass is 16.5. The summed E-state index contributed by atoms with van der Waals surface area (Å²) >= 11 is 0. The van der Waals surface area contributed by atoms with Gasteiger partial charge in [0.2, 0.25) is 0 Å². The second-order valence-corrected chi connectivity index (χ2v) is 7.33. The Morgan fingerprint density at radius 1 is 1.32 bits per heavy atom. The highest BCUT2D eigenvalue weighted by molar-refractivity contribution is 5.06. The van der Waals surface area contributed by atoms with Crippen molar-refractivity contribution in [3.05, 3.63) is 0 Å². The fraction of sp³-hybridized carbons (Fsp3) is 1.00. The number of nitrogens with zero attached hydrogens (tertiary/aromatic N) is 1. The molecule has 1 unspecified atom stereocenters. The lowest BCUT2D eigenvalue weighted by Crippen LogP contribution is -2.61. The predicted molar refractivity (Wildman–Crippen MR) is 75.2 cm³/mol. The second kappa shape index (κ2) is 4.99. The lowest BCUT2D eigenvalue weighted by molar-refractivity contribution is -0.0946. The molecule has 19 heavy (non-hydrogen) atoms. The summed E-state index contributed by atoms with van der Waals surface area (Å²) in [6.07, 6.45) is 5.11. The van der Waals surface area contributed by atoms with Gasteiger partial charge in [0.05, 0.1) is 24.4 Å². The Balaban J connectivity index is 1.65. The predicted octanol–water partition coefficient (Wildman–Crippen LogP) is 0.990. The lowest BCUT2D eigenvalue weighted by Gasteiger charge is -2.44. The van der Waals surface area contributed by atoms with Gasteiger partial charge in [0.25, 0.3) is 0 Å². The molecule has 2 N–H and O–H groups in total. The Morgan fingerprint density at radius 2 is 2.05 bits per heavy atom. The maximum atomic E-state index is 10.0. The molecule has 2 aliphatic carbocycles. The smallest absolute Gasteiger partial charge is 0.0753 e. The van der Waals surface area contributed by atoms with Gasteiger partial charge in [0.15, 0.2) is 0 Å². The van der Waals surface area contributed by atoms with Gasteiger partial charge in [-0.2, -0.15) is 0 Å². The summed E-state index contributed by atoms with van der Waals surface area (Å²) in [5, 5.41) is 13.8. The van der Waals surface area contributed by atoms with E-state index in [4.69, 9.17) is 4.74 Å². The summed E-state index contributed by atoms with van der Waals surface area (Å²) < 4.78 is 5.79. The van der Waals surface area contributed by atoms with Crippen molar-refractivity contribution in [3.8, 4) is 0 Å². The van der Waals surface area contributed by atoms with Crippen LogP contribution >= 0.6 is 0 Å². The number of morpholine rings is 1. The van der Waals surface area contributed by atoms with Crippen molar-refractivity contribution in [2.75, 3.05) is 32.8 Å². The summed E-state index contributed by atoms with van der Waals surface area (Å²) in [7, 11) is 0. The van der Waals surface area contributed by atoms with E-state index in [1.807, 2.05) is 0 Å². The number of aliphatic hydroxyl groups is 1. The van der Waals surface area contributed by atoms with Crippen molar-refractivity contribution in [1.82, 2.24) is 10.2 Å². The lowest BCUT2D eigenvalue weighted by atomic mass is 9.92. The maximum absolute atomic E-state index is 10.0. The third-order valence-electron chi connectivity index (χ3n) is 4.72. The Bertz CT molecular complexity index is 326. The molecule has 1 atom stereocenters. The molecule has 0 aromatic heterocycles. The molecule has 1 saturated heterocycles. The number of hydrogen-bond donors (Lipinski definition) is 2. The van der Waals surface area contributed by atoms with Gasteiger partial charge >= 0.3 is 0 Å². The monoisotopic (exact) mass is 268 g/mol. The minimum Gasteiger partial charge on any atom is -0.394 e. The van der Waals surface area contributed by atoms with Crippen molar-refractivity contribution in [2.45, 2.75) is 56.7 Å². The summed E-state index contributed by atoms with van der Waals surface area (Å²) in [6, 6.07) is 0.654. The fourth-order valence-electron chi connectivity index (χ4n) is 3.44. The minimum absolute atomic E-state index is 0.0530. The molecule has 3 rings (SSSR count). The van der Waals surface area contributed by atoms with E-state index in [1.165, 1.54) is 25.7 Å². The van der Waals surface area contributed by atoms with Crippen LogP contribution in [-0.2, 0) is 4.74 Å². The first-order valence-corrected chi connectivity index (χ1v) is 7.78. The number of rotatable bonds is 6. The van der Waals surface area contributed by atoms with Crippen molar-refractivity contribution in [1.29, 1.82) is 0 Å². The molecular weight excluding hydrogens is 240 g/mol.